The molecule has 2 aromatic rings. The number of halogens is 1. The summed E-state index contributed by atoms with van der Waals surface area (Å²) in [5.41, 5.74) is 7.97. The van der Waals surface area contributed by atoms with Crippen molar-refractivity contribution in [1.29, 1.82) is 0 Å². The van der Waals surface area contributed by atoms with Gasteiger partial charge >= 0.3 is 0 Å². The van der Waals surface area contributed by atoms with Gasteiger partial charge in [0, 0.05) is 24.4 Å². The van der Waals surface area contributed by atoms with E-state index in [-0.39, 0.29) is 11.2 Å². The van der Waals surface area contributed by atoms with Crippen LogP contribution in [0.3, 0.4) is 0 Å². The van der Waals surface area contributed by atoms with E-state index < -0.39 is 0 Å². The molecule has 3 heteroatoms. The van der Waals surface area contributed by atoms with Gasteiger partial charge in [0.1, 0.15) is 5.82 Å². The molecule has 0 aliphatic carbocycles. The molecule has 0 aliphatic heterocycles. The van der Waals surface area contributed by atoms with Crippen LogP contribution in [0.2, 0.25) is 0 Å². The monoisotopic (exact) mass is 244 g/mol. The van der Waals surface area contributed by atoms with Crippen molar-refractivity contribution in [3.63, 3.8) is 0 Å². The average Bonchev–Trinajstić information content (AvgIpc) is 2.40. The second-order valence-electron chi connectivity index (χ2n) is 4.80. The van der Waals surface area contributed by atoms with Crippen LogP contribution in [0.15, 0.2) is 48.8 Å². The van der Waals surface area contributed by atoms with Gasteiger partial charge in [0.15, 0.2) is 0 Å². The van der Waals surface area contributed by atoms with Gasteiger partial charge in [-0.2, -0.15) is 0 Å². The van der Waals surface area contributed by atoms with Crippen LogP contribution in [-0.2, 0) is 11.8 Å². The number of benzene rings is 1. The lowest BCUT2D eigenvalue weighted by molar-refractivity contribution is 0.479. The summed E-state index contributed by atoms with van der Waals surface area (Å²) in [6.45, 7) is 2.61. The average molecular weight is 244 g/mol. The van der Waals surface area contributed by atoms with Gasteiger partial charge in [0.2, 0.25) is 0 Å². The molecule has 1 atom stereocenters. The second kappa shape index (κ2) is 5.27. The van der Waals surface area contributed by atoms with E-state index in [1.165, 1.54) is 17.7 Å². The molecule has 1 heterocycles. The Hall–Kier alpha value is -1.74. The molecule has 0 bridgehead atoms. The summed E-state index contributed by atoms with van der Waals surface area (Å²) in [7, 11) is 0. The maximum Gasteiger partial charge on any atom is 0.123 e. The second-order valence-corrected chi connectivity index (χ2v) is 4.80. The Labute approximate surface area is 107 Å². The number of aromatic nitrogens is 1. The maximum absolute atomic E-state index is 13.0. The molecule has 2 rings (SSSR count). The van der Waals surface area contributed by atoms with E-state index in [9.17, 15) is 4.39 Å². The molecule has 0 aliphatic rings. The Morgan fingerprint density at radius 2 is 1.72 bits per heavy atom. The van der Waals surface area contributed by atoms with Gasteiger partial charge in [0.05, 0.1) is 0 Å². The maximum atomic E-state index is 13.0. The highest BCUT2D eigenvalue weighted by molar-refractivity contribution is 5.29. The molecule has 0 fully saturated rings. The standard InChI is InChI=1S/C15H17FN2/c1-15(11-17,10-12-6-8-18-9-7-12)13-2-4-14(16)5-3-13/h2-9H,10-11,17H2,1H3. The molecular formula is C15H17FN2. The lowest BCUT2D eigenvalue weighted by Gasteiger charge is -2.28. The zero-order valence-electron chi connectivity index (χ0n) is 10.4. The Balaban J connectivity index is 2.28. The first kappa shape index (κ1) is 12.7. The normalized spacial score (nSPS) is 14.2. The molecule has 1 aromatic heterocycles. The van der Waals surface area contributed by atoms with Crippen molar-refractivity contribution in [2.24, 2.45) is 5.73 Å². The molecule has 0 saturated heterocycles. The summed E-state index contributed by atoms with van der Waals surface area (Å²) >= 11 is 0. The zero-order chi connectivity index (χ0) is 13.0. The molecule has 1 aromatic carbocycles. The van der Waals surface area contributed by atoms with Crippen molar-refractivity contribution in [1.82, 2.24) is 4.98 Å². The van der Waals surface area contributed by atoms with Crippen molar-refractivity contribution in [3.05, 3.63) is 65.7 Å². The molecule has 0 saturated carbocycles. The Bertz CT molecular complexity index is 496. The van der Waals surface area contributed by atoms with Crippen LogP contribution in [0.5, 0.6) is 0 Å². The number of hydrogen-bond donors (Lipinski definition) is 1. The molecular weight excluding hydrogens is 227 g/mol. The minimum atomic E-state index is -0.220. The largest absolute Gasteiger partial charge is 0.330 e. The smallest absolute Gasteiger partial charge is 0.123 e. The third-order valence-corrected chi connectivity index (χ3v) is 3.34. The van der Waals surface area contributed by atoms with E-state index in [4.69, 9.17) is 5.73 Å². The summed E-state index contributed by atoms with van der Waals surface area (Å²) in [5, 5.41) is 0. The molecule has 1 unspecified atom stereocenters. The van der Waals surface area contributed by atoms with Gasteiger partial charge in [-0.25, -0.2) is 4.39 Å². The third-order valence-electron chi connectivity index (χ3n) is 3.34. The van der Waals surface area contributed by atoms with Gasteiger partial charge in [0.25, 0.3) is 0 Å². The topological polar surface area (TPSA) is 38.9 Å². The first-order chi connectivity index (χ1) is 8.64. The van der Waals surface area contributed by atoms with Crippen molar-refractivity contribution in [3.8, 4) is 0 Å². The fraction of sp³-hybridized carbons (Fsp3) is 0.267. The molecule has 18 heavy (non-hydrogen) atoms. The van der Waals surface area contributed by atoms with Crippen LogP contribution in [0.25, 0.3) is 0 Å². The number of pyridine rings is 1. The predicted octanol–water partition coefficient (Wildman–Crippen LogP) is 2.68. The van der Waals surface area contributed by atoms with Crippen molar-refractivity contribution >= 4 is 0 Å². The van der Waals surface area contributed by atoms with Crippen LogP contribution in [-0.4, -0.2) is 11.5 Å². The molecule has 2 nitrogen and oxygen atoms in total. The Morgan fingerprint density at radius 1 is 1.11 bits per heavy atom. The highest BCUT2D eigenvalue weighted by Crippen LogP contribution is 2.27. The van der Waals surface area contributed by atoms with Crippen LogP contribution in [0.1, 0.15) is 18.1 Å². The van der Waals surface area contributed by atoms with Crippen LogP contribution < -0.4 is 5.73 Å². The molecule has 0 amide bonds. The van der Waals surface area contributed by atoms with E-state index in [2.05, 4.69) is 11.9 Å². The van der Waals surface area contributed by atoms with Gasteiger partial charge in [-0.05, 0) is 41.8 Å². The summed E-state index contributed by atoms with van der Waals surface area (Å²) in [4.78, 5) is 4.00. The lowest BCUT2D eigenvalue weighted by Crippen LogP contribution is -2.34. The summed E-state index contributed by atoms with van der Waals surface area (Å²) < 4.78 is 13.0. The van der Waals surface area contributed by atoms with Crippen LogP contribution >= 0.6 is 0 Å². The van der Waals surface area contributed by atoms with Crippen LogP contribution in [0.4, 0.5) is 4.39 Å². The number of hydrogen-bond acceptors (Lipinski definition) is 2. The molecule has 0 radical (unpaired) electrons. The summed E-state index contributed by atoms with van der Waals surface area (Å²) in [5.74, 6) is -0.220. The quantitative estimate of drug-likeness (QED) is 0.898. The first-order valence-electron chi connectivity index (χ1n) is 5.99. The van der Waals surface area contributed by atoms with Gasteiger partial charge in [-0.15, -0.1) is 0 Å². The molecule has 0 spiro atoms. The highest BCUT2D eigenvalue weighted by atomic mass is 19.1. The molecule has 94 valence electrons. The van der Waals surface area contributed by atoms with Crippen LogP contribution in [0, 0.1) is 5.82 Å². The van der Waals surface area contributed by atoms with Gasteiger partial charge < -0.3 is 5.73 Å². The third kappa shape index (κ3) is 2.74. The lowest BCUT2D eigenvalue weighted by atomic mass is 9.77. The van der Waals surface area contributed by atoms with Gasteiger partial charge in [-0.1, -0.05) is 19.1 Å². The highest BCUT2D eigenvalue weighted by Gasteiger charge is 2.25. The molecule has 2 N–H and O–H groups in total. The van der Waals surface area contributed by atoms with E-state index in [0.717, 1.165) is 12.0 Å². The summed E-state index contributed by atoms with van der Waals surface area (Å²) in [6, 6.07) is 10.5. The number of nitrogens with two attached hydrogens (primary N) is 1. The minimum absolute atomic E-state index is 0.185. The van der Waals surface area contributed by atoms with Gasteiger partial charge in [-0.3, -0.25) is 4.98 Å². The van der Waals surface area contributed by atoms with Crippen molar-refractivity contribution < 1.29 is 4.39 Å². The fourth-order valence-corrected chi connectivity index (χ4v) is 2.10. The van der Waals surface area contributed by atoms with E-state index in [1.807, 2.05) is 24.3 Å². The minimum Gasteiger partial charge on any atom is -0.330 e. The Morgan fingerprint density at radius 3 is 2.28 bits per heavy atom. The van der Waals surface area contributed by atoms with Crippen molar-refractivity contribution in [2.75, 3.05) is 6.54 Å². The predicted molar refractivity (Wildman–Crippen MR) is 70.7 cm³/mol. The number of rotatable bonds is 4. The first-order valence-corrected chi connectivity index (χ1v) is 5.99. The SMILES string of the molecule is CC(CN)(Cc1ccncc1)c1ccc(F)cc1. The van der Waals surface area contributed by atoms with E-state index >= 15 is 0 Å². The van der Waals surface area contributed by atoms with Crippen molar-refractivity contribution in [2.45, 2.75) is 18.8 Å². The fourth-order valence-electron chi connectivity index (χ4n) is 2.10. The Kier molecular flexibility index (Phi) is 3.72. The van der Waals surface area contributed by atoms with E-state index in [0.29, 0.717) is 6.54 Å². The summed E-state index contributed by atoms with van der Waals surface area (Å²) in [6.07, 6.45) is 4.37. The zero-order valence-corrected chi connectivity index (χ0v) is 10.4. The van der Waals surface area contributed by atoms with E-state index in [1.54, 1.807) is 12.4 Å². The number of nitrogens with zero attached hydrogens (tertiary/aromatic N) is 1.